The van der Waals surface area contributed by atoms with Crippen LogP contribution < -0.4 is 14.4 Å². The van der Waals surface area contributed by atoms with Crippen molar-refractivity contribution in [1.29, 1.82) is 0 Å². The number of carbonyl (C=O) groups is 4. The Morgan fingerprint density at radius 1 is 0.961 bits per heavy atom. The number of hydrogen-bond donors (Lipinski definition) is 2. The molecule has 76 heavy (non-hydrogen) atoms. The summed E-state index contributed by atoms with van der Waals surface area (Å²) in [6, 6.07) is 3.82. The van der Waals surface area contributed by atoms with Crippen LogP contribution in [0.3, 0.4) is 0 Å². The summed E-state index contributed by atoms with van der Waals surface area (Å²) in [4.78, 5) is 68.4. The minimum atomic E-state index is -1.53. The number of urea groups is 1. The molecule has 1 aliphatic carbocycles. The van der Waals surface area contributed by atoms with Gasteiger partial charge in [0.15, 0.2) is 27.5 Å². The number of fused-ring (bicyclic) bond motifs is 1. The molecule has 22 heteroatoms. The van der Waals surface area contributed by atoms with Crippen molar-refractivity contribution in [2.45, 2.75) is 164 Å². The second-order valence-corrected chi connectivity index (χ2v) is 23.7. The Kier molecular flexibility index (Phi) is 20.4. The number of aliphatic hydroxyl groups excluding tert-OH is 2. The Labute approximate surface area is 470 Å². The van der Waals surface area contributed by atoms with Crippen LogP contribution in [0.5, 0.6) is 11.5 Å². The van der Waals surface area contributed by atoms with Gasteiger partial charge in [0.2, 0.25) is 0 Å². The largest absolute Gasteiger partial charge is 0.493 e. The number of ether oxygens (including phenoxy) is 8. The van der Waals surface area contributed by atoms with E-state index in [9.17, 15) is 24.6 Å². The van der Waals surface area contributed by atoms with E-state index in [0.29, 0.717) is 72.8 Å². The van der Waals surface area contributed by atoms with E-state index in [0.717, 1.165) is 31.4 Å². The first-order valence-electron chi connectivity index (χ1n) is 26.6. The third-order valence-corrected chi connectivity index (χ3v) is 18.6. The summed E-state index contributed by atoms with van der Waals surface area (Å²) < 4.78 is 48.3. The van der Waals surface area contributed by atoms with Crippen LogP contribution in [0.15, 0.2) is 30.6 Å². The van der Waals surface area contributed by atoms with E-state index in [2.05, 4.69) is 9.88 Å². The molecular weight excluding hydrogens is 1140 g/mol. The first kappa shape index (κ1) is 60.2. The van der Waals surface area contributed by atoms with Crippen LogP contribution in [-0.4, -0.2) is 179 Å². The number of nitrogens with zero attached hydrogens (tertiary/aromatic N) is 5. The van der Waals surface area contributed by atoms with Crippen LogP contribution in [0.4, 0.5) is 15.3 Å². The van der Waals surface area contributed by atoms with E-state index >= 15 is 4.79 Å². The molecule has 4 saturated heterocycles. The van der Waals surface area contributed by atoms with E-state index in [-0.39, 0.29) is 37.4 Å². The van der Waals surface area contributed by atoms with Gasteiger partial charge in [0.1, 0.15) is 11.9 Å². The predicted molar refractivity (Wildman–Crippen MR) is 292 cm³/mol. The number of methoxy groups -OCH3 is 2. The molecule has 424 valence electrons. The number of Topliss-reactive ketones (excluding diaryl/α,β-unsaturated/α-hetero) is 1. The van der Waals surface area contributed by atoms with Gasteiger partial charge in [-0.2, -0.15) is 0 Å². The van der Waals surface area contributed by atoms with Crippen molar-refractivity contribution in [1.82, 2.24) is 19.7 Å². The average Bonchev–Trinajstić information content (AvgIpc) is 4.01. The molecule has 5 aliphatic rings. The maximum Gasteiger partial charge on any atom is 0.410 e. The summed E-state index contributed by atoms with van der Waals surface area (Å²) in [5.41, 5.74) is -1.44. The van der Waals surface area contributed by atoms with E-state index in [1.807, 2.05) is 47.7 Å². The highest BCUT2D eigenvalue weighted by Crippen LogP contribution is 2.45. The van der Waals surface area contributed by atoms with Crippen LogP contribution in [0.2, 0.25) is 10.0 Å². The zero-order chi connectivity index (χ0) is 55.4. The number of esters is 1. The fraction of sp³-hybridized carbons (Fsp3) is 0.722. The van der Waals surface area contributed by atoms with Gasteiger partial charge in [-0.1, -0.05) is 44.0 Å². The molecule has 0 bridgehead atoms. The number of rotatable bonds is 14. The third kappa shape index (κ3) is 13.1. The van der Waals surface area contributed by atoms with Gasteiger partial charge in [0, 0.05) is 94.3 Å². The Morgan fingerprint density at radius 2 is 1.63 bits per heavy atom. The lowest BCUT2D eigenvalue weighted by molar-refractivity contribution is -0.300. The number of carbonyl (C=O) groups excluding carboxylic acids is 4. The number of likely N-dealkylation sites (N-methyl/N-ethyl adjacent to an activating group) is 1. The van der Waals surface area contributed by atoms with Crippen molar-refractivity contribution in [3.8, 4) is 11.5 Å². The molecule has 0 radical (unpaired) electrons. The number of anilines is 1. The topological polar surface area (TPSA) is 208 Å². The lowest BCUT2D eigenvalue weighted by Gasteiger charge is -2.48. The maximum atomic E-state index is 15.1. The lowest BCUT2D eigenvalue weighted by Crippen LogP contribution is -2.62. The molecule has 5 fully saturated rings. The summed E-state index contributed by atoms with van der Waals surface area (Å²) in [6.07, 6.45) is 1.66. The Morgan fingerprint density at radius 3 is 2.28 bits per heavy atom. The summed E-state index contributed by atoms with van der Waals surface area (Å²) >= 11 is 15.4. The van der Waals surface area contributed by atoms with E-state index in [4.69, 9.17) is 61.1 Å². The molecule has 1 aromatic carbocycles. The molecule has 2 N–H and O–H groups in total. The number of hydrogen-bond acceptors (Lipinski definition) is 16. The minimum absolute atomic E-state index is 0.0553. The van der Waals surface area contributed by atoms with E-state index in [1.165, 1.54) is 24.4 Å². The zero-order valence-electron chi connectivity index (χ0n) is 45.5. The third-order valence-electron chi connectivity index (χ3n) is 16.4. The Hall–Kier alpha value is -3.48. The highest BCUT2D eigenvalue weighted by atomic mass is 127. The van der Waals surface area contributed by atoms with Crippen LogP contribution >= 0.6 is 45.8 Å². The van der Waals surface area contributed by atoms with Gasteiger partial charge >= 0.3 is 18.1 Å². The lowest BCUT2D eigenvalue weighted by atomic mass is 9.74. The Balaban J connectivity index is 1.16. The van der Waals surface area contributed by atoms with Crippen molar-refractivity contribution >= 4 is 75.4 Å². The fourth-order valence-electron chi connectivity index (χ4n) is 11.9. The quantitative estimate of drug-likeness (QED) is 0.105. The number of ketones is 1. The highest BCUT2D eigenvalue weighted by Gasteiger charge is 2.60. The fourth-order valence-corrected chi connectivity index (χ4v) is 13.1. The summed E-state index contributed by atoms with van der Waals surface area (Å²) in [7, 11) is 4.72. The van der Waals surface area contributed by atoms with Gasteiger partial charge in [-0.05, 0) is 107 Å². The van der Waals surface area contributed by atoms with Gasteiger partial charge < -0.3 is 67.7 Å². The molecule has 19 nitrogen and oxygen atoms in total. The van der Waals surface area contributed by atoms with Gasteiger partial charge in [-0.15, -0.1) is 0 Å². The molecule has 0 unspecified atom stereocenters. The highest BCUT2D eigenvalue weighted by molar-refractivity contribution is 14.1. The molecule has 0 spiro atoms. The van der Waals surface area contributed by atoms with Gasteiger partial charge in [0.05, 0.1) is 78.4 Å². The maximum absolute atomic E-state index is 15.1. The number of alkyl halides is 1. The zero-order valence-corrected chi connectivity index (χ0v) is 49.1. The molecule has 7 rings (SSSR count). The summed E-state index contributed by atoms with van der Waals surface area (Å²) in [5, 5.41) is 24.9. The number of halogens is 3. The molecule has 3 amide bonds. The number of benzene rings is 1. The second-order valence-electron chi connectivity index (χ2n) is 21.8. The molecule has 14 atom stereocenters. The van der Waals surface area contributed by atoms with Gasteiger partial charge in [-0.25, -0.2) is 9.59 Å². The molecule has 4 aliphatic heterocycles. The van der Waals surface area contributed by atoms with Crippen molar-refractivity contribution in [3.63, 3.8) is 0 Å². The predicted octanol–water partition coefficient (Wildman–Crippen LogP) is 7.92. The number of pyridine rings is 1. The van der Waals surface area contributed by atoms with Crippen molar-refractivity contribution in [2.75, 3.05) is 65.6 Å². The van der Waals surface area contributed by atoms with Crippen LogP contribution in [0.25, 0.3) is 0 Å². The molecule has 1 saturated carbocycles. The number of amides is 3. The van der Waals surface area contributed by atoms with E-state index in [1.54, 1.807) is 65.5 Å². The first-order chi connectivity index (χ1) is 36.0. The monoisotopic (exact) mass is 1220 g/mol. The smallest absolute Gasteiger partial charge is 0.410 e. The molecule has 2 aromatic rings. The van der Waals surface area contributed by atoms with Crippen molar-refractivity contribution in [2.24, 2.45) is 23.7 Å². The summed E-state index contributed by atoms with van der Waals surface area (Å²) in [5.74, 6) is -3.45. The van der Waals surface area contributed by atoms with Crippen molar-refractivity contribution < 1.29 is 67.3 Å². The van der Waals surface area contributed by atoms with E-state index < -0.39 is 93.8 Å². The van der Waals surface area contributed by atoms with Crippen LogP contribution in [-0.2, 0) is 44.6 Å². The minimum Gasteiger partial charge on any atom is -0.493 e. The van der Waals surface area contributed by atoms with Crippen molar-refractivity contribution in [3.05, 3.63) is 46.2 Å². The number of aliphatic hydroxyl groups is 2. The molecule has 5 heterocycles. The number of aromatic nitrogens is 1. The Bertz CT molecular complexity index is 2330. The number of cyclic esters (lactones) is 1. The molecule has 1 aromatic heterocycles. The summed E-state index contributed by atoms with van der Waals surface area (Å²) in [6.45, 7) is 14.5. The second kappa shape index (κ2) is 25.8. The number of morpholine rings is 1. The SMILES string of the molecule is COc1ccc(N(CCCN2C(=O)O[C@]3(C)[C@@H](I)OC(=O)[C@H](C)[C@@H](O)[C@H](C)[C@@H](O[C@@H]4O[C@H](C)C[C@H](N(C)C(=O)N5CCOCC5)[C@H]4O)[C@](C)(OC)C[C@@H](C)C(=O)[C@H](C)[C@@H]23)Cc2c(Cl)cncc2Cl)cc1OC1CCCC1. The molecular formula is C54H78Cl2IN5O14. The van der Waals surface area contributed by atoms with Gasteiger partial charge in [-0.3, -0.25) is 14.6 Å². The standard InChI is InChI=1S/C54H78Cl2IN5O14/c1-30-26-53(6,70-10)47(74-49-45(65)40(24-31(2)72-49)59(8)51(67)60-20-22-71-23-21-60)33(4)44(64)34(5)48(66)75-50(57)54(7)46(32(3)43(30)63)62(52(68)76-54)19-13-18-61(29-37-38(55)27-58-28-39(37)56)35-16-17-41(69-9)42(25-35)73-36-14-11-12-15-36/h16-17,25,27-28,30-34,36,40,44-47,49-50,64-65H,11-15,18-24,26,29H2,1-10H3/t30-,31-,32+,33+,34-,40+,44+,45-,46-,47-,49+,50+,53-,54+/m1/s1. The first-order valence-corrected chi connectivity index (χ1v) is 28.6. The van der Waals surface area contributed by atoms with Crippen LogP contribution in [0, 0.1) is 23.7 Å². The average molecular weight is 1220 g/mol. The van der Waals surface area contributed by atoms with Gasteiger partial charge in [0.25, 0.3) is 0 Å². The normalized spacial score (nSPS) is 34.0. The van der Waals surface area contributed by atoms with Crippen LogP contribution in [0.1, 0.15) is 99.0 Å².